The van der Waals surface area contributed by atoms with E-state index in [1.165, 1.54) is 10.6 Å². The molecule has 0 saturated heterocycles. The summed E-state index contributed by atoms with van der Waals surface area (Å²) >= 11 is 6.09. The molecule has 0 fully saturated rings. The summed E-state index contributed by atoms with van der Waals surface area (Å²) in [6.07, 6.45) is 0. The number of hydrogen-bond acceptors (Lipinski definition) is 2. The Morgan fingerprint density at radius 1 is 1.13 bits per heavy atom. The molecule has 0 aliphatic heterocycles. The molecule has 1 heterocycles. The van der Waals surface area contributed by atoms with Crippen LogP contribution in [0.3, 0.4) is 0 Å². The third-order valence-electron chi connectivity index (χ3n) is 3.80. The quantitative estimate of drug-likeness (QED) is 0.804. The number of fused-ring (bicyclic) bond motifs is 1. The topological polar surface area (TPSA) is 51.1 Å². The second-order valence-corrected chi connectivity index (χ2v) is 5.65. The summed E-state index contributed by atoms with van der Waals surface area (Å²) in [6, 6.07) is 16.0. The van der Waals surface area contributed by atoms with Crippen LogP contribution in [0, 0.1) is 0 Å². The molecule has 0 bridgehead atoms. The molecule has 116 valence electrons. The van der Waals surface area contributed by atoms with Crippen LogP contribution >= 0.6 is 11.6 Å². The lowest BCUT2D eigenvalue weighted by atomic mass is 10.1. The van der Waals surface area contributed by atoms with Gasteiger partial charge in [-0.15, -0.1) is 0 Å². The summed E-state index contributed by atoms with van der Waals surface area (Å²) in [5.41, 5.74) is 1.71. The molecule has 2 aromatic carbocycles. The van der Waals surface area contributed by atoms with Gasteiger partial charge < -0.3 is 9.88 Å². The van der Waals surface area contributed by atoms with Crippen LogP contribution in [0.15, 0.2) is 59.4 Å². The molecule has 1 N–H and O–H groups in total. The highest BCUT2D eigenvalue weighted by Crippen LogP contribution is 2.17. The number of carbonyl (C=O) groups is 1. The van der Waals surface area contributed by atoms with Crippen LogP contribution in [0.25, 0.3) is 10.9 Å². The number of nitrogens with one attached hydrogen (secondary N) is 1. The molecular formula is C18H15ClN2O2. The van der Waals surface area contributed by atoms with E-state index in [1.54, 1.807) is 13.1 Å². The molecule has 3 aromatic rings. The Labute approximate surface area is 138 Å². The Bertz CT molecular complexity index is 947. The fourth-order valence-electron chi connectivity index (χ4n) is 2.51. The van der Waals surface area contributed by atoms with Crippen LogP contribution in [-0.2, 0) is 13.6 Å². The first-order chi connectivity index (χ1) is 11.1. The number of rotatable bonds is 3. The molecule has 5 heteroatoms. The molecule has 3 rings (SSSR count). The number of carbonyl (C=O) groups excluding carboxylic acids is 1. The van der Waals surface area contributed by atoms with Crippen molar-refractivity contribution in [3.05, 3.63) is 81.1 Å². The summed E-state index contributed by atoms with van der Waals surface area (Å²) in [6.45, 7) is 0.308. The molecule has 0 aliphatic rings. The Kier molecular flexibility index (Phi) is 4.17. The lowest BCUT2D eigenvalue weighted by Crippen LogP contribution is -2.26. The van der Waals surface area contributed by atoms with E-state index in [4.69, 9.17) is 11.6 Å². The maximum Gasteiger partial charge on any atom is 0.252 e. The first-order valence-corrected chi connectivity index (χ1v) is 7.56. The van der Waals surface area contributed by atoms with E-state index in [0.717, 1.165) is 16.5 Å². The number of benzene rings is 2. The Hall–Kier alpha value is -2.59. The Morgan fingerprint density at radius 2 is 1.83 bits per heavy atom. The van der Waals surface area contributed by atoms with Gasteiger partial charge in [0.05, 0.1) is 11.1 Å². The van der Waals surface area contributed by atoms with Gasteiger partial charge in [-0.05, 0) is 17.7 Å². The van der Waals surface area contributed by atoms with Crippen molar-refractivity contribution in [3.8, 4) is 0 Å². The number of para-hydroxylation sites is 1. The zero-order chi connectivity index (χ0) is 16.4. The third-order valence-corrected chi connectivity index (χ3v) is 4.16. The normalized spacial score (nSPS) is 10.7. The van der Waals surface area contributed by atoms with Gasteiger partial charge >= 0.3 is 0 Å². The van der Waals surface area contributed by atoms with Gasteiger partial charge in [0.25, 0.3) is 11.5 Å². The standard InChI is InChI=1S/C18H15ClN2O2/c1-21-16-9-5-3-7-13(16)14(10-17(21)22)18(23)20-11-12-6-2-4-8-15(12)19/h2-10H,11H2,1H3,(H,20,23). The summed E-state index contributed by atoms with van der Waals surface area (Å²) < 4.78 is 1.53. The van der Waals surface area contributed by atoms with Crippen LogP contribution in [0.4, 0.5) is 0 Å². The van der Waals surface area contributed by atoms with Gasteiger partial charge in [-0.1, -0.05) is 48.0 Å². The van der Waals surface area contributed by atoms with Crippen molar-refractivity contribution in [3.63, 3.8) is 0 Å². The first-order valence-electron chi connectivity index (χ1n) is 7.18. The van der Waals surface area contributed by atoms with Gasteiger partial charge in [-0.2, -0.15) is 0 Å². The lowest BCUT2D eigenvalue weighted by molar-refractivity contribution is 0.0952. The third kappa shape index (κ3) is 2.98. The highest BCUT2D eigenvalue weighted by Gasteiger charge is 2.13. The molecule has 4 nitrogen and oxygen atoms in total. The van der Waals surface area contributed by atoms with Crippen molar-refractivity contribution < 1.29 is 4.79 Å². The van der Waals surface area contributed by atoms with Crippen molar-refractivity contribution in [1.29, 1.82) is 0 Å². The SMILES string of the molecule is Cn1c(=O)cc(C(=O)NCc2ccccc2Cl)c2ccccc21. The fraction of sp³-hybridized carbons (Fsp3) is 0.111. The van der Waals surface area contributed by atoms with E-state index in [2.05, 4.69) is 5.32 Å². The predicted molar refractivity (Wildman–Crippen MR) is 91.8 cm³/mol. The smallest absolute Gasteiger partial charge is 0.252 e. The van der Waals surface area contributed by atoms with Crippen LogP contribution in [0.2, 0.25) is 5.02 Å². The van der Waals surface area contributed by atoms with E-state index < -0.39 is 0 Å². The van der Waals surface area contributed by atoms with Crippen LogP contribution in [0.5, 0.6) is 0 Å². The maximum absolute atomic E-state index is 12.5. The molecular weight excluding hydrogens is 312 g/mol. The number of amides is 1. The summed E-state index contributed by atoms with van der Waals surface area (Å²) in [4.78, 5) is 24.6. The number of nitrogens with zero attached hydrogens (tertiary/aromatic N) is 1. The number of aromatic nitrogens is 1. The molecule has 0 radical (unpaired) electrons. The van der Waals surface area contributed by atoms with Gasteiger partial charge in [0.2, 0.25) is 0 Å². The van der Waals surface area contributed by atoms with Crippen LogP contribution in [-0.4, -0.2) is 10.5 Å². The molecule has 0 atom stereocenters. The number of halogens is 1. The summed E-state index contributed by atoms with van der Waals surface area (Å²) in [5, 5.41) is 4.16. The summed E-state index contributed by atoms with van der Waals surface area (Å²) in [7, 11) is 1.69. The zero-order valence-corrected chi connectivity index (χ0v) is 13.3. The van der Waals surface area contributed by atoms with Crippen molar-refractivity contribution in [2.75, 3.05) is 0 Å². The average Bonchev–Trinajstić information content (AvgIpc) is 2.57. The van der Waals surface area contributed by atoms with E-state index in [1.807, 2.05) is 42.5 Å². The van der Waals surface area contributed by atoms with Crippen molar-refractivity contribution in [1.82, 2.24) is 9.88 Å². The van der Waals surface area contributed by atoms with Crippen molar-refractivity contribution in [2.24, 2.45) is 7.05 Å². The van der Waals surface area contributed by atoms with Crippen molar-refractivity contribution in [2.45, 2.75) is 6.54 Å². The monoisotopic (exact) mass is 326 g/mol. The second-order valence-electron chi connectivity index (χ2n) is 5.25. The van der Waals surface area contributed by atoms with Gasteiger partial charge in [-0.25, -0.2) is 0 Å². The molecule has 0 aliphatic carbocycles. The van der Waals surface area contributed by atoms with Gasteiger partial charge in [0, 0.05) is 30.1 Å². The molecule has 1 aromatic heterocycles. The first kappa shape index (κ1) is 15.3. The summed E-state index contributed by atoms with van der Waals surface area (Å²) in [5.74, 6) is -0.293. The molecule has 0 saturated carbocycles. The minimum atomic E-state index is -0.293. The van der Waals surface area contributed by atoms with E-state index in [0.29, 0.717) is 17.1 Å². The molecule has 0 unspecified atom stereocenters. The van der Waals surface area contributed by atoms with Gasteiger partial charge in [0.1, 0.15) is 0 Å². The highest BCUT2D eigenvalue weighted by atomic mass is 35.5. The minimum Gasteiger partial charge on any atom is -0.348 e. The van der Waals surface area contributed by atoms with E-state index in [-0.39, 0.29) is 11.5 Å². The van der Waals surface area contributed by atoms with E-state index in [9.17, 15) is 9.59 Å². The minimum absolute atomic E-state index is 0.216. The average molecular weight is 327 g/mol. The Balaban J connectivity index is 1.94. The number of pyridine rings is 1. The number of hydrogen-bond donors (Lipinski definition) is 1. The van der Waals surface area contributed by atoms with Crippen LogP contribution in [0.1, 0.15) is 15.9 Å². The molecule has 23 heavy (non-hydrogen) atoms. The van der Waals surface area contributed by atoms with E-state index >= 15 is 0 Å². The Morgan fingerprint density at radius 3 is 2.61 bits per heavy atom. The highest BCUT2D eigenvalue weighted by molar-refractivity contribution is 6.31. The molecule has 0 spiro atoms. The predicted octanol–water partition coefficient (Wildman–Crippen LogP) is 3.12. The largest absolute Gasteiger partial charge is 0.348 e. The van der Waals surface area contributed by atoms with Gasteiger partial charge in [-0.3, -0.25) is 9.59 Å². The zero-order valence-electron chi connectivity index (χ0n) is 12.5. The lowest BCUT2D eigenvalue weighted by Gasteiger charge is -2.11. The van der Waals surface area contributed by atoms with Crippen molar-refractivity contribution >= 4 is 28.4 Å². The van der Waals surface area contributed by atoms with Crippen LogP contribution < -0.4 is 10.9 Å². The number of aryl methyl sites for hydroxylation is 1. The molecule has 1 amide bonds. The maximum atomic E-state index is 12.5. The fourth-order valence-corrected chi connectivity index (χ4v) is 2.71. The van der Waals surface area contributed by atoms with Gasteiger partial charge in [0.15, 0.2) is 0 Å². The second kappa shape index (κ2) is 6.26.